The Bertz CT molecular complexity index is 716. The van der Waals surface area contributed by atoms with Gasteiger partial charge in [0.15, 0.2) is 11.5 Å². The Labute approximate surface area is 138 Å². The van der Waals surface area contributed by atoms with Crippen LogP contribution in [0.3, 0.4) is 0 Å². The lowest BCUT2D eigenvalue weighted by molar-refractivity contribution is -0.137. The molecule has 3 rings (SSSR count). The minimum absolute atomic E-state index is 0.0932. The third-order valence-corrected chi connectivity index (χ3v) is 4.06. The first-order valence-electron chi connectivity index (χ1n) is 7.73. The van der Waals surface area contributed by atoms with Gasteiger partial charge in [-0.05, 0) is 42.3 Å². The lowest BCUT2D eigenvalue weighted by Crippen LogP contribution is -2.18. The first-order valence-corrected chi connectivity index (χ1v) is 7.73. The largest absolute Gasteiger partial charge is 0.486 e. The summed E-state index contributed by atoms with van der Waals surface area (Å²) in [4.78, 5) is 0. The standard InChI is InChI=1S/C18H18F3NO2/c19-18(20,21)15-3-1-2-12(9-15)8-14(11-22)13-4-5-16-17(10-13)24-7-6-23-16/h1-5,9-10,14H,6-8,11,22H2. The highest BCUT2D eigenvalue weighted by atomic mass is 19.4. The smallest absolute Gasteiger partial charge is 0.416 e. The van der Waals surface area contributed by atoms with Gasteiger partial charge < -0.3 is 15.2 Å². The van der Waals surface area contributed by atoms with Gasteiger partial charge in [-0.1, -0.05) is 24.3 Å². The van der Waals surface area contributed by atoms with Gasteiger partial charge in [-0.15, -0.1) is 0 Å². The van der Waals surface area contributed by atoms with Gasteiger partial charge in [-0.3, -0.25) is 0 Å². The molecular weight excluding hydrogens is 319 g/mol. The fraction of sp³-hybridized carbons (Fsp3) is 0.333. The minimum Gasteiger partial charge on any atom is -0.486 e. The summed E-state index contributed by atoms with van der Waals surface area (Å²) in [5.74, 6) is 1.24. The molecule has 0 amide bonds. The molecule has 0 saturated carbocycles. The molecule has 2 aromatic rings. The van der Waals surface area contributed by atoms with Crippen molar-refractivity contribution in [3.63, 3.8) is 0 Å². The molecule has 1 aliphatic heterocycles. The maximum Gasteiger partial charge on any atom is 0.416 e. The predicted octanol–water partition coefficient (Wildman–Crippen LogP) is 3.76. The number of fused-ring (bicyclic) bond motifs is 1. The van der Waals surface area contributed by atoms with Gasteiger partial charge in [0, 0.05) is 5.92 Å². The summed E-state index contributed by atoms with van der Waals surface area (Å²) >= 11 is 0. The topological polar surface area (TPSA) is 44.5 Å². The molecule has 24 heavy (non-hydrogen) atoms. The van der Waals surface area contributed by atoms with Crippen molar-refractivity contribution in [2.75, 3.05) is 19.8 Å². The van der Waals surface area contributed by atoms with E-state index < -0.39 is 11.7 Å². The SMILES string of the molecule is NCC(Cc1cccc(C(F)(F)F)c1)c1ccc2c(c1)OCCO2. The summed E-state index contributed by atoms with van der Waals surface area (Å²) in [6.07, 6.45) is -3.91. The summed E-state index contributed by atoms with van der Waals surface area (Å²) in [6, 6.07) is 10.9. The molecule has 3 nitrogen and oxygen atoms in total. The van der Waals surface area contributed by atoms with Gasteiger partial charge in [0.1, 0.15) is 13.2 Å². The zero-order valence-corrected chi connectivity index (χ0v) is 13.0. The summed E-state index contributed by atoms with van der Waals surface area (Å²) in [7, 11) is 0. The average Bonchev–Trinajstić information content (AvgIpc) is 2.59. The molecule has 2 N–H and O–H groups in total. The molecule has 128 valence electrons. The molecule has 0 bridgehead atoms. The number of hydrogen-bond donors (Lipinski definition) is 1. The van der Waals surface area contributed by atoms with Crippen LogP contribution in [0.25, 0.3) is 0 Å². The Morgan fingerprint density at radius 3 is 2.46 bits per heavy atom. The van der Waals surface area contributed by atoms with Crippen LogP contribution in [0.1, 0.15) is 22.6 Å². The first kappa shape index (κ1) is 16.6. The van der Waals surface area contributed by atoms with Crippen LogP contribution in [0.4, 0.5) is 13.2 Å². The maximum absolute atomic E-state index is 12.8. The van der Waals surface area contributed by atoms with Gasteiger partial charge in [0.25, 0.3) is 0 Å². The normalized spacial score (nSPS) is 15.2. The van der Waals surface area contributed by atoms with Crippen LogP contribution in [0.2, 0.25) is 0 Å². The van der Waals surface area contributed by atoms with Crippen molar-refractivity contribution < 1.29 is 22.6 Å². The van der Waals surface area contributed by atoms with Gasteiger partial charge >= 0.3 is 6.18 Å². The molecule has 1 aliphatic rings. The highest BCUT2D eigenvalue weighted by Crippen LogP contribution is 2.34. The second-order valence-corrected chi connectivity index (χ2v) is 5.74. The molecule has 0 aliphatic carbocycles. The van der Waals surface area contributed by atoms with E-state index in [1.807, 2.05) is 18.2 Å². The molecule has 6 heteroatoms. The Morgan fingerprint density at radius 1 is 1.00 bits per heavy atom. The van der Waals surface area contributed by atoms with Crippen molar-refractivity contribution >= 4 is 0 Å². The van der Waals surface area contributed by atoms with Crippen LogP contribution in [-0.4, -0.2) is 19.8 Å². The third-order valence-electron chi connectivity index (χ3n) is 4.06. The highest BCUT2D eigenvalue weighted by molar-refractivity contribution is 5.45. The Morgan fingerprint density at radius 2 is 1.75 bits per heavy atom. The van der Waals surface area contributed by atoms with Crippen LogP contribution in [0, 0.1) is 0 Å². The van der Waals surface area contributed by atoms with E-state index in [9.17, 15) is 13.2 Å². The van der Waals surface area contributed by atoms with Gasteiger partial charge in [-0.2, -0.15) is 13.2 Å². The third kappa shape index (κ3) is 3.64. The Hall–Kier alpha value is -2.21. The summed E-state index contributed by atoms with van der Waals surface area (Å²) < 4.78 is 49.6. The van der Waals surface area contributed by atoms with Crippen molar-refractivity contribution in [1.29, 1.82) is 0 Å². The van der Waals surface area contributed by atoms with Crippen LogP contribution >= 0.6 is 0 Å². The number of benzene rings is 2. The van der Waals surface area contributed by atoms with Crippen molar-refractivity contribution in [1.82, 2.24) is 0 Å². The first-order chi connectivity index (χ1) is 11.5. The van der Waals surface area contributed by atoms with E-state index in [1.54, 1.807) is 6.07 Å². The Balaban J connectivity index is 1.82. The lowest BCUT2D eigenvalue weighted by Gasteiger charge is -2.22. The number of ether oxygens (including phenoxy) is 2. The van der Waals surface area contributed by atoms with E-state index in [4.69, 9.17) is 15.2 Å². The molecule has 0 aromatic heterocycles. The molecule has 1 unspecified atom stereocenters. The van der Waals surface area contributed by atoms with Crippen LogP contribution in [-0.2, 0) is 12.6 Å². The van der Waals surface area contributed by atoms with Crippen LogP contribution in [0.5, 0.6) is 11.5 Å². The summed E-state index contributed by atoms with van der Waals surface area (Å²) in [5.41, 5.74) is 6.75. The molecule has 0 fully saturated rings. The van der Waals surface area contributed by atoms with Crippen molar-refractivity contribution in [3.05, 3.63) is 59.2 Å². The molecular formula is C18H18F3NO2. The molecule has 1 atom stereocenters. The van der Waals surface area contributed by atoms with Gasteiger partial charge in [0.2, 0.25) is 0 Å². The minimum atomic E-state index is -4.34. The van der Waals surface area contributed by atoms with Crippen LogP contribution < -0.4 is 15.2 Å². The molecule has 0 saturated heterocycles. The molecule has 2 aromatic carbocycles. The fourth-order valence-electron chi connectivity index (χ4n) is 2.81. The second kappa shape index (κ2) is 6.73. The molecule has 0 spiro atoms. The fourth-order valence-corrected chi connectivity index (χ4v) is 2.81. The number of nitrogens with two attached hydrogens (primary N) is 1. The van der Waals surface area contributed by atoms with Crippen molar-refractivity contribution in [2.24, 2.45) is 5.73 Å². The van der Waals surface area contributed by atoms with Gasteiger partial charge in [-0.25, -0.2) is 0 Å². The molecule has 0 radical (unpaired) electrons. The van der Waals surface area contributed by atoms with Crippen LogP contribution in [0.15, 0.2) is 42.5 Å². The summed E-state index contributed by atoms with van der Waals surface area (Å²) in [5, 5.41) is 0. The van der Waals surface area contributed by atoms with E-state index in [2.05, 4.69) is 0 Å². The highest BCUT2D eigenvalue weighted by Gasteiger charge is 2.30. The van der Waals surface area contributed by atoms with E-state index >= 15 is 0 Å². The predicted molar refractivity (Wildman–Crippen MR) is 84.4 cm³/mol. The van der Waals surface area contributed by atoms with E-state index in [1.165, 1.54) is 12.1 Å². The zero-order valence-electron chi connectivity index (χ0n) is 13.0. The van der Waals surface area contributed by atoms with Gasteiger partial charge in [0.05, 0.1) is 5.56 Å². The van der Waals surface area contributed by atoms with Crippen molar-refractivity contribution in [3.8, 4) is 11.5 Å². The van der Waals surface area contributed by atoms with E-state index in [0.717, 1.165) is 11.6 Å². The number of halogens is 3. The zero-order chi connectivity index (χ0) is 17.2. The molecule has 1 heterocycles. The number of hydrogen-bond acceptors (Lipinski definition) is 3. The maximum atomic E-state index is 12.8. The van der Waals surface area contributed by atoms with E-state index in [0.29, 0.717) is 43.2 Å². The number of alkyl halides is 3. The quantitative estimate of drug-likeness (QED) is 0.924. The lowest BCUT2D eigenvalue weighted by atomic mass is 9.91. The summed E-state index contributed by atoms with van der Waals surface area (Å²) in [6.45, 7) is 1.32. The average molecular weight is 337 g/mol. The Kier molecular flexibility index (Phi) is 4.66. The second-order valence-electron chi connectivity index (χ2n) is 5.74. The van der Waals surface area contributed by atoms with Crippen molar-refractivity contribution in [2.45, 2.75) is 18.5 Å². The van der Waals surface area contributed by atoms with E-state index in [-0.39, 0.29) is 5.92 Å². The number of rotatable bonds is 4. The monoisotopic (exact) mass is 337 g/mol.